The Kier molecular flexibility index (Phi) is 4.75. The van der Waals surface area contributed by atoms with E-state index < -0.39 is 17.1 Å². The van der Waals surface area contributed by atoms with Crippen molar-refractivity contribution in [3.8, 4) is 0 Å². The number of carboxylic acids is 1. The lowest BCUT2D eigenvalue weighted by molar-refractivity contribution is -0.166. The molecule has 0 aromatic heterocycles. The number of carboxylic acid groups (broad SMARTS) is 1. The van der Waals surface area contributed by atoms with Gasteiger partial charge < -0.3 is 20.0 Å². The molecule has 1 atom stereocenters. The summed E-state index contributed by atoms with van der Waals surface area (Å²) in [6.07, 6.45) is 1.31. The summed E-state index contributed by atoms with van der Waals surface area (Å²) >= 11 is 0. The number of benzene rings is 1. The summed E-state index contributed by atoms with van der Waals surface area (Å²) in [4.78, 5) is 40.4. The van der Waals surface area contributed by atoms with E-state index in [9.17, 15) is 19.5 Å². The van der Waals surface area contributed by atoms with Gasteiger partial charge in [-0.2, -0.15) is 0 Å². The lowest BCUT2D eigenvalue weighted by Gasteiger charge is -2.42. The first-order valence-electron chi connectivity index (χ1n) is 8.90. The zero-order chi connectivity index (χ0) is 18.9. The normalized spacial score (nSPS) is 25.2. The Morgan fingerprint density at radius 1 is 1.00 bits per heavy atom. The molecule has 0 bridgehead atoms. The molecule has 0 spiro atoms. The fourth-order valence-electron chi connectivity index (χ4n) is 3.88. The van der Waals surface area contributed by atoms with E-state index in [1.165, 1.54) is 0 Å². The highest BCUT2D eigenvalue weighted by Gasteiger charge is 2.49. The molecule has 2 N–H and O–H groups in total. The Morgan fingerprint density at radius 3 is 2.19 bits per heavy atom. The third-order valence-electron chi connectivity index (χ3n) is 5.64. The number of nitrogens with zero attached hydrogens (tertiary/aromatic N) is 2. The molecule has 2 fully saturated rings. The van der Waals surface area contributed by atoms with Crippen LogP contribution in [0.4, 0.5) is 0 Å². The first-order valence-corrected chi connectivity index (χ1v) is 8.90. The molecule has 0 radical (unpaired) electrons. The van der Waals surface area contributed by atoms with Crippen molar-refractivity contribution in [1.29, 1.82) is 0 Å². The Balaban J connectivity index is 1.75. The third-order valence-corrected chi connectivity index (χ3v) is 5.64. The average molecular weight is 360 g/mol. The van der Waals surface area contributed by atoms with Crippen molar-refractivity contribution in [2.24, 2.45) is 0 Å². The van der Waals surface area contributed by atoms with E-state index in [-0.39, 0.29) is 37.7 Å². The highest BCUT2D eigenvalue weighted by Crippen LogP contribution is 2.34. The molecule has 1 unspecified atom stereocenters. The van der Waals surface area contributed by atoms with Crippen molar-refractivity contribution in [2.45, 2.75) is 43.7 Å². The number of aliphatic carboxylic acids is 1. The van der Waals surface area contributed by atoms with E-state index in [2.05, 4.69) is 0 Å². The fraction of sp³-hybridized carbons (Fsp3) is 0.526. The van der Waals surface area contributed by atoms with Gasteiger partial charge in [-0.15, -0.1) is 0 Å². The molecule has 2 heterocycles. The maximum Gasteiger partial charge on any atom is 0.335 e. The van der Waals surface area contributed by atoms with Gasteiger partial charge in [-0.25, -0.2) is 4.79 Å². The molecule has 0 aliphatic carbocycles. The molecule has 140 valence electrons. The Morgan fingerprint density at radius 2 is 1.62 bits per heavy atom. The monoisotopic (exact) mass is 360 g/mol. The number of rotatable bonds is 3. The molecule has 26 heavy (non-hydrogen) atoms. The summed E-state index contributed by atoms with van der Waals surface area (Å²) in [5, 5.41) is 19.2. The molecule has 7 nitrogen and oxygen atoms in total. The van der Waals surface area contributed by atoms with Gasteiger partial charge in [0.1, 0.15) is 5.54 Å². The Hall–Kier alpha value is -2.41. The third kappa shape index (κ3) is 3.07. The molecule has 1 aromatic rings. The second-order valence-electron chi connectivity index (χ2n) is 7.33. The minimum Gasteiger partial charge on any atom is -0.479 e. The molecule has 1 aromatic carbocycles. The van der Waals surface area contributed by atoms with Gasteiger partial charge >= 0.3 is 5.97 Å². The molecule has 0 saturated carbocycles. The van der Waals surface area contributed by atoms with Crippen LogP contribution in [0.1, 0.15) is 43.0 Å². The highest BCUT2D eigenvalue weighted by molar-refractivity contribution is 5.99. The van der Waals surface area contributed by atoms with Crippen LogP contribution in [-0.2, 0) is 9.59 Å². The van der Waals surface area contributed by atoms with Crippen LogP contribution in [0.5, 0.6) is 0 Å². The van der Waals surface area contributed by atoms with Crippen molar-refractivity contribution in [1.82, 2.24) is 9.80 Å². The van der Waals surface area contributed by atoms with Crippen LogP contribution in [0.2, 0.25) is 0 Å². The van der Waals surface area contributed by atoms with E-state index in [1.54, 1.807) is 41.0 Å². The first kappa shape index (κ1) is 18.4. The Labute approximate surface area is 152 Å². The summed E-state index contributed by atoms with van der Waals surface area (Å²) in [7, 11) is 0. The molecular weight excluding hydrogens is 336 g/mol. The van der Waals surface area contributed by atoms with Gasteiger partial charge in [0.25, 0.3) is 5.91 Å². The molecule has 2 aliphatic heterocycles. The first-order chi connectivity index (χ1) is 12.3. The largest absolute Gasteiger partial charge is 0.479 e. The van der Waals surface area contributed by atoms with Crippen LogP contribution < -0.4 is 0 Å². The zero-order valence-electron chi connectivity index (χ0n) is 14.9. The maximum absolute atomic E-state index is 13.2. The van der Waals surface area contributed by atoms with Gasteiger partial charge in [0.2, 0.25) is 5.91 Å². The van der Waals surface area contributed by atoms with Crippen LogP contribution in [0.25, 0.3) is 0 Å². The van der Waals surface area contributed by atoms with Gasteiger partial charge in [-0.05, 0) is 31.9 Å². The van der Waals surface area contributed by atoms with Crippen molar-refractivity contribution in [2.75, 3.05) is 19.6 Å². The number of likely N-dealkylation sites (tertiary alicyclic amines) is 2. The van der Waals surface area contributed by atoms with Crippen LogP contribution in [0.15, 0.2) is 30.3 Å². The van der Waals surface area contributed by atoms with Crippen LogP contribution in [-0.4, -0.2) is 68.6 Å². The maximum atomic E-state index is 13.2. The van der Waals surface area contributed by atoms with Crippen LogP contribution in [0, 0.1) is 0 Å². The second kappa shape index (κ2) is 6.72. The number of aliphatic hydroxyl groups is 1. The second-order valence-corrected chi connectivity index (χ2v) is 7.33. The summed E-state index contributed by atoms with van der Waals surface area (Å²) in [6, 6.07) is 8.89. The van der Waals surface area contributed by atoms with Gasteiger partial charge in [-0.1, -0.05) is 18.2 Å². The number of carbonyl (C=O) groups excluding carboxylic acids is 2. The van der Waals surface area contributed by atoms with Gasteiger partial charge in [0.15, 0.2) is 5.60 Å². The molecular formula is C19H24N2O5. The van der Waals surface area contributed by atoms with Crippen molar-refractivity contribution < 1.29 is 24.6 Å². The lowest BCUT2D eigenvalue weighted by Crippen LogP contribution is -2.60. The van der Waals surface area contributed by atoms with E-state index in [1.807, 2.05) is 6.07 Å². The summed E-state index contributed by atoms with van der Waals surface area (Å²) in [6.45, 7) is 2.64. The van der Waals surface area contributed by atoms with E-state index in [0.717, 1.165) is 6.42 Å². The van der Waals surface area contributed by atoms with E-state index >= 15 is 0 Å². The molecule has 2 aliphatic rings. The minimum atomic E-state index is -1.77. The predicted molar refractivity (Wildman–Crippen MR) is 93.5 cm³/mol. The highest BCUT2D eigenvalue weighted by atomic mass is 16.4. The topological polar surface area (TPSA) is 98.2 Å². The number of piperidine rings is 1. The van der Waals surface area contributed by atoms with E-state index in [0.29, 0.717) is 18.5 Å². The van der Waals surface area contributed by atoms with Gasteiger partial charge in [-0.3, -0.25) is 9.59 Å². The minimum absolute atomic E-state index is 0.00319. The molecule has 3 rings (SSSR count). The van der Waals surface area contributed by atoms with Crippen LogP contribution >= 0.6 is 0 Å². The average Bonchev–Trinajstić information content (AvgIpc) is 3.04. The summed E-state index contributed by atoms with van der Waals surface area (Å²) in [5.74, 6) is -1.60. The fourth-order valence-corrected chi connectivity index (χ4v) is 3.88. The number of hydrogen-bond donors (Lipinski definition) is 2. The summed E-state index contributed by atoms with van der Waals surface area (Å²) in [5.41, 5.74) is -2.16. The molecule has 7 heteroatoms. The SMILES string of the molecule is CC1(C(=O)N2CCC(O)(C(=O)O)CC2)CCCN1C(=O)c1ccccc1. The van der Waals surface area contributed by atoms with Crippen LogP contribution in [0.3, 0.4) is 0 Å². The summed E-state index contributed by atoms with van der Waals surface area (Å²) < 4.78 is 0. The van der Waals surface area contributed by atoms with Crippen molar-refractivity contribution in [3.63, 3.8) is 0 Å². The number of amides is 2. The van der Waals surface area contributed by atoms with Gasteiger partial charge in [0, 0.05) is 38.0 Å². The predicted octanol–water partition coefficient (Wildman–Crippen LogP) is 1.12. The van der Waals surface area contributed by atoms with E-state index in [4.69, 9.17) is 5.11 Å². The van der Waals surface area contributed by atoms with Gasteiger partial charge in [0.05, 0.1) is 0 Å². The quantitative estimate of drug-likeness (QED) is 0.842. The molecule has 2 saturated heterocycles. The zero-order valence-corrected chi connectivity index (χ0v) is 14.9. The molecule has 2 amide bonds. The number of hydrogen-bond acceptors (Lipinski definition) is 4. The van der Waals surface area contributed by atoms with Crippen molar-refractivity contribution in [3.05, 3.63) is 35.9 Å². The Bertz CT molecular complexity index is 712. The standard InChI is InChI=1S/C19H24N2O5/c1-18(16(23)20-12-9-19(26,10-13-20)17(24)25)8-5-11-21(18)15(22)14-6-3-2-4-7-14/h2-4,6-7,26H,5,8-13H2,1H3,(H,24,25). The smallest absolute Gasteiger partial charge is 0.335 e. The van der Waals surface area contributed by atoms with Crippen molar-refractivity contribution >= 4 is 17.8 Å². The number of carbonyl (C=O) groups is 3. The lowest BCUT2D eigenvalue weighted by atomic mass is 9.89.